The summed E-state index contributed by atoms with van der Waals surface area (Å²) >= 11 is 0. The minimum atomic E-state index is -0.386. The van der Waals surface area contributed by atoms with Crippen molar-refractivity contribution in [3.05, 3.63) is 17.8 Å². The van der Waals surface area contributed by atoms with Crippen LogP contribution in [0.4, 0.5) is 0 Å². The molecule has 0 atom stereocenters. The van der Waals surface area contributed by atoms with E-state index in [1.807, 2.05) is 13.0 Å². The minimum absolute atomic E-state index is 0.192. The second-order valence-electron chi connectivity index (χ2n) is 7.41. The van der Waals surface area contributed by atoms with Crippen LogP contribution < -0.4 is 10.2 Å². The van der Waals surface area contributed by atoms with Gasteiger partial charge in [-0.25, -0.2) is 4.98 Å². The Morgan fingerprint density at radius 3 is 2.30 bits per heavy atom. The molecule has 2 aliphatic heterocycles. The van der Waals surface area contributed by atoms with Crippen LogP contribution in [0.2, 0.25) is 0 Å². The molecule has 2 fully saturated rings. The molecule has 5 nitrogen and oxygen atoms in total. The molecule has 2 saturated heterocycles. The Morgan fingerprint density at radius 1 is 1.13 bits per heavy atom. The lowest BCUT2D eigenvalue weighted by Crippen LogP contribution is -2.41. The van der Waals surface area contributed by atoms with E-state index >= 15 is 0 Å². The first kappa shape index (κ1) is 16.7. The smallest absolute Gasteiger partial charge is 0.474 e. The van der Waals surface area contributed by atoms with Crippen molar-refractivity contribution in [3.8, 4) is 5.88 Å². The molecular weight excluding hydrogens is 293 g/mol. The molecule has 1 aromatic rings. The fraction of sp³-hybridized carbons (Fsp3) is 0.706. The summed E-state index contributed by atoms with van der Waals surface area (Å²) in [5.74, 6) is 0.692. The van der Waals surface area contributed by atoms with E-state index in [2.05, 4.69) is 32.7 Å². The lowest BCUT2D eigenvalue weighted by atomic mass is 9.80. The van der Waals surface area contributed by atoms with Gasteiger partial charge < -0.3 is 18.8 Å². The summed E-state index contributed by atoms with van der Waals surface area (Å²) in [6, 6.07) is 2.05. The molecule has 2 aliphatic rings. The second kappa shape index (κ2) is 6.08. The van der Waals surface area contributed by atoms with E-state index in [9.17, 15) is 0 Å². The maximum Gasteiger partial charge on any atom is 0.496 e. The zero-order chi connectivity index (χ0) is 16.7. The van der Waals surface area contributed by atoms with Gasteiger partial charge in [-0.3, -0.25) is 0 Å². The average molecular weight is 319 g/mol. The molecule has 0 amide bonds. The molecule has 3 rings (SSSR count). The monoisotopic (exact) mass is 319 g/mol. The van der Waals surface area contributed by atoms with Crippen molar-refractivity contribution in [2.24, 2.45) is 0 Å². The molecule has 0 N–H and O–H groups in total. The number of rotatable bonds is 3. The van der Waals surface area contributed by atoms with Crippen LogP contribution in [0.5, 0.6) is 5.88 Å². The fourth-order valence-electron chi connectivity index (χ4n) is 2.77. The third-order valence-electron chi connectivity index (χ3n) is 5.02. The topological polar surface area (TPSA) is 49.8 Å². The summed E-state index contributed by atoms with van der Waals surface area (Å²) in [6.45, 7) is 11.7. The zero-order valence-electron chi connectivity index (χ0n) is 14.7. The molecule has 1 aromatic heterocycles. The van der Waals surface area contributed by atoms with Gasteiger partial charge in [-0.1, -0.05) is 6.07 Å². The van der Waals surface area contributed by atoms with Crippen molar-refractivity contribution in [1.29, 1.82) is 0 Å². The van der Waals surface area contributed by atoms with Crippen LogP contribution >= 0.6 is 0 Å². The predicted octanol–water partition coefficient (Wildman–Crippen LogP) is 2.25. The van der Waals surface area contributed by atoms with Gasteiger partial charge in [0.05, 0.1) is 24.4 Å². The molecule has 0 saturated carbocycles. The number of nitrogens with zero attached hydrogens (tertiary/aromatic N) is 1. The molecule has 0 aromatic carbocycles. The van der Waals surface area contributed by atoms with Gasteiger partial charge in [0.15, 0.2) is 0 Å². The van der Waals surface area contributed by atoms with E-state index in [0.29, 0.717) is 5.88 Å². The minimum Gasteiger partial charge on any atom is -0.474 e. The van der Waals surface area contributed by atoms with Crippen molar-refractivity contribution in [1.82, 2.24) is 4.98 Å². The number of pyridine rings is 1. The van der Waals surface area contributed by atoms with Crippen molar-refractivity contribution >= 4 is 12.6 Å². The Kier molecular flexibility index (Phi) is 4.42. The molecule has 3 heterocycles. The summed E-state index contributed by atoms with van der Waals surface area (Å²) in [5.41, 5.74) is 1.25. The molecule has 0 unspecified atom stereocenters. The highest BCUT2D eigenvalue weighted by Crippen LogP contribution is 2.36. The highest BCUT2D eigenvalue weighted by atomic mass is 16.7. The quantitative estimate of drug-likeness (QED) is 0.800. The Balaban J connectivity index is 1.72. The summed E-state index contributed by atoms with van der Waals surface area (Å²) in [5, 5.41) is 0. The van der Waals surface area contributed by atoms with Gasteiger partial charge in [0.2, 0.25) is 5.88 Å². The number of ether oxygens (including phenoxy) is 2. The first-order valence-electron chi connectivity index (χ1n) is 8.35. The molecular formula is C17H26BNO4. The van der Waals surface area contributed by atoms with E-state index in [4.69, 9.17) is 18.8 Å². The van der Waals surface area contributed by atoms with Crippen LogP contribution in [0.15, 0.2) is 12.3 Å². The lowest BCUT2D eigenvalue weighted by Gasteiger charge is -2.32. The molecule has 23 heavy (non-hydrogen) atoms. The molecule has 0 spiro atoms. The largest absolute Gasteiger partial charge is 0.496 e. The fourth-order valence-corrected chi connectivity index (χ4v) is 2.77. The van der Waals surface area contributed by atoms with E-state index in [1.165, 1.54) is 0 Å². The van der Waals surface area contributed by atoms with Crippen molar-refractivity contribution < 1.29 is 18.8 Å². The van der Waals surface area contributed by atoms with Crippen molar-refractivity contribution in [2.45, 2.75) is 64.8 Å². The summed E-state index contributed by atoms with van der Waals surface area (Å²) < 4.78 is 23.5. The average Bonchev–Trinajstić information content (AvgIpc) is 2.71. The Morgan fingerprint density at radius 2 is 1.74 bits per heavy atom. The van der Waals surface area contributed by atoms with Crippen molar-refractivity contribution in [3.63, 3.8) is 0 Å². The molecule has 0 radical (unpaired) electrons. The second-order valence-corrected chi connectivity index (χ2v) is 7.41. The van der Waals surface area contributed by atoms with Gasteiger partial charge in [0.1, 0.15) is 6.10 Å². The Labute approximate surface area is 138 Å². The third-order valence-corrected chi connectivity index (χ3v) is 5.02. The highest BCUT2D eigenvalue weighted by Gasteiger charge is 2.51. The van der Waals surface area contributed by atoms with Crippen LogP contribution in [0, 0.1) is 6.92 Å². The molecule has 6 heteroatoms. The van der Waals surface area contributed by atoms with Gasteiger partial charge in [-0.2, -0.15) is 0 Å². The summed E-state index contributed by atoms with van der Waals surface area (Å²) in [7, 11) is -0.386. The highest BCUT2D eigenvalue weighted by molar-refractivity contribution is 6.62. The summed E-state index contributed by atoms with van der Waals surface area (Å²) in [4.78, 5) is 4.49. The number of aromatic nitrogens is 1. The number of aryl methyl sites for hydroxylation is 1. The van der Waals surface area contributed by atoms with Crippen molar-refractivity contribution in [2.75, 3.05) is 13.2 Å². The van der Waals surface area contributed by atoms with Gasteiger partial charge in [0, 0.05) is 30.1 Å². The van der Waals surface area contributed by atoms with E-state index in [1.54, 1.807) is 6.20 Å². The Hall–Kier alpha value is -1.11. The van der Waals surface area contributed by atoms with E-state index in [0.717, 1.165) is 37.1 Å². The Bertz CT molecular complexity index is 554. The van der Waals surface area contributed by atoms with E-state index in [-0.39, 0.29) is 24.4 Å². The normalized spacial score (nSPS) is 24.0. The third kappa shape index (κ3) is 3.39. The standard InChI is InChI=1S/C17H26BNO4/c1-12-10-13(18-22-16(2,3)17(4,5)23-18)11-19-15(12)21-14-6-8-20-9-7-14/h10-11,14H,6-9H2,1-5H3. The lowest BCUT2D eigenvalue weighted by molar-refractivity contribution is 0.00578. The van der Waals surface area contributed by atoms with Gasteiger partial charge >= 0.3 is 7.12 Å². The predicted molar refractivity (Wildman–Crippen MR) is 89.2 cm³/mol. The van der Waals surface area contributed by atoms with Crippen LogP contribution in [-0.2, 0) is 14.0 Å². The molecule has 0 bridgehead atoms. The maximum atomic E-state index is 6.08. The van der Waals surface area contributed by atoms with Crippen LogP contribution in [0.1, 0.15) is 46.1 Å². The summed E-state index contributed by atoms with van der Waals surface area (Å²) in [6.07, 6.45) is 3.82. The van der Waals surface area contributed by atoms with Gasteiger partial charge in [-0.05, 0) is 34.6 Å². The SMILES string of the molecule is Cc1cc(B2OC(C)(C)C(C)(C)O2)cnc1OC1CCOCC1. The van der Waals surface area contributed by atoms with Crippen LogP contribution in [-0.4, -0.2) is 42.6 Å². The number of hydrogen-bond donors (Lipinski definition) is 0. The number of hydrogen-bond acceptors (Lipinski definition) is 5. The van der Waals surface area contributed by atoms with Gasteiger partial charge in [0.25, 0.3) is 0 Å². The van der Waals surface area contributed by atoms with Crippen LogP contribution in [0.3, 0.4) is 0 Å². The zero-order valence-corrected chi connectivity index (χ0v) is 14.7. The van der Waals surface area contributed by atoms with Crippen LogP contribution in [0.25, 0.3) is 0 Å². The van der Waals surface area contributed by atoms with Gasteiger partial charge in [-0.15, -0.1) is 0 Å². The molecule has 126 valence electrons. The first-order valence-corrected chi connectivity index (χ1v) is 8.35. The molecule has 0 aliphatic carbocycles. The maximum absolute atomic E-state index is 6.08. The first-order chi connectivity index (χ1) is 10.8. The van der Waals surface area contributed by atoms with E-state index < -0.39 is 0 Å².